The molecule has 220 valence electrons. The van der Waals surface area contributed by atoms with Crippen molar-refractivity contribution in [2.75, 3.05) is 49.7 Å². The highest BCUT2D eigenvalue weighted by atomic mass is 19.1. The fourth-order valence-electron chi connectivity index (χ4n) is 4.64. The molecule has 5 rings (SSSR count). The second-order valence-electron chi connectivity index (χ2n) is 10.7. The van der Waals surface area contributed by atoms with Crippen LogP contribution in [0.1, 0.15) is 12.8 Å². The van der Waals surface area contributed by atoms with Gasteiger partial charge in [-0.25, -0.2) is 22.9 Å². The Kier molecular flexibility index (Phi) is 8.03. The summed E-state index contributed by atoms with van der Waals surface area (Å²) in [6, 6.07) is 9.01. The number of benzene rings is 2. The summed E-state index contributed by atoms with van der Waals surface area (Å²) in [4.78, 5) is 45.9. The van der Waals surface area contributed by atoms with Gasteiger partial charge in [0.2, 0.25) is 11.8 Å². The molecule has 1 aromatic heterocycles. The van der Waals surface area contributed by atoms with E-state index in [4.69, 9.17) is 4.74 Å². The number of nitrogens with one attached hydrogen (secondary N) is 3. The minimum atomic E-state index is -1.45. The summed E-state index contributed by atoms with van der Waals surface area (Å²) in [6.45, 7) is 2.12. The lowest BCUT2D eigenvalue weighted by atomic mass is 10.0. The maximum absolute atomic E-state index is 14.9. The average molecular weight is 583 g/mol. The summed E-state index contributed by atoms with van der Waals surface area (Å²) in [5.41, 5.74) is -1.61. The summed E-state index contributed by atoms with van der Waals surface area (Å²) < 4.78 is 48.4. The number of aromatic nitrogens is 1. The average Bonchev–Trinajstić information content (AvgIpc) is 3.73. The number of urea groups is 1. The Morgan fingerprint density at radius 2 is 1.64 bits per heavy atom. The maximum atomic E-state index is 14.9. The van der Waals surface area contributed by atoms with E-state index in [1.807, 2.05) is 14.1 Å². The fraction of sp³-hybridized carbons (Fsp3) is 0.310. The van der Waals surface area contributed by atoms with E-state index in [9.17, 15) is 27.6 Å². The predicted molar refractivity (Wildman–Crippen MR) is 149 cm³/mol. The van der Waals surface area contributed by atoms with Gasteiger partial charge in [0.05, 0.1) is 5.69 Å². The first kappa shape index (κ1) is 28.9. The van der Waals surface area contributed by atoms with Crippen LogP contribution in [-0.4, -0.2) is 66.4 Å². The van der Waals surface area contributed by atoms with Gasteiger partial charge in [-0.1, -0.05) is 0 Å². The molecule has 4 amide bonds. The monoisotopic (exact) mass is 582 g/mol. The van der Waals surface area contributed by atoms with E-state index < -0.39 is 46.1 Å². The molecule has 0 radical (unpaired) electrons. The lowest BCUT2D eigenvalue weighted by Crippen LogP contribution is -2.54. The van der Waals surface area contributed by atoms with Crippen LogP contribution in [0.4, 0.5) is 35.2 Å². The Morgan fingerprint density at radius 3 is 2.31 bits per heavy atom. The molecule has 42 heavy (non-hydrogen) atoms. The number of nitrogens with zero attached hydrogens (tertiary/aromatic N) is 3. The summed E-state index contributed by atoms with van der Waals surface area (Å²) in [7, 11) is 3.94. The molecule has 2 aromatic carbocycles. The van der Waals surface area contributed by atoms with Crippen molar-refractivity contribution in [3.63, 3.8) is 0 Å². The maximum Gasteiger partial charge on any atom is 0.323 e. The number of halogens is 3. The van der Waals surface area contributed by atoms with Crippen LogP contribution >= 0.6 is 0 Å². The molecule has 2 heterocycles. The zero-order valence-electron chi connectivity index (χ0n) is 22.9. The number of pyridine rings is 1. The van der Waals surface area contributed by atoms with Crippen LogP contribution in [0.3, 0.4) is 0 Å². The van der Waals surface area contributed by atoms with Gasteiger partial charge in [-0.3, -0.25) is 14.9 Å². The fourth-order valence-corrected chi connectivity index (χ4v) is 4.64. The Balaban J connectivity index is 1.19. The summed E-state index contributed by atoms with van der Waals surface area (Å²) in [5, 5.41) is 7.50. The number of hydrogen-bond acceptors (Lipinski definition) is 6. The number of carbonyl (C=O) groups excluding carboxylic acids is 3. The first-order valence-corrected chi connectivity index (χ1v) is 13.2. The third kappa shape index (κ3) is 6.46. The molecule has 0 bridgehead atoms. The van der Waals surface area contributed by atoms with Crippen molar-refractivity contribution in [1.82, 2.24) is 14.8 Å². The van der Waals surface area contributed by atoms with E-state index in [2.05, 4.69) is 25.8 Å². The molecule has 2 aliphatic rings. The normalized spacial score (nSPS) is 15.5. The molecule has 2 fully saturated rings. The number of ether oxygens (including phenoxy) is 1. The SMILES string of the molecule is CN(C)CC1CN(C(=O)Nc2cc(Oc3cc(F)c(NC(=O)C4(C(=O)Nc5ccc(F)cc5)CC4)cc3F)ccn2)C1. The Morgan fingerprint density at radius 1 is 0.952 bits per heavy atom. The van der Waals surface area contributed by atoms with Crippen LogP contribution in [0, 0.1) is 28.8 Å². The van der Waals surface area contributed by atoms with Crippen LogP contribution in [0.2, 0.25) is 0 Å². The lowest BCUT2D eigenvalue weighted by molar-refractivity contribution is -0.131. The van der Waals surface area contributed by atoms with Gasteiger partial charge in [-0.15, -0.1) is 0 Å². The Hall–Kier alpha value is -4.65. The molecule has 10 nitrogen and oxygen atoms in total. The number of amides is 4. The second kappa shape index (κ2) is 11.7. The molecular weight excluding hydrogens is 553 g/mol. The smallest absolute Gasteiger partial charge is 0.323 e. The minimum Gasteiger partial charge on any atom is -0.454 e. The molecule has 0 atom stereocenters. The zero-order chi connectivity index (χ0) is 30.0. The summed E-state index contributed by atoms with van der Waals surface area (Å²) in [5.74, 6) is -3.65. The highest BCUT2D eigenvalue weighted by Gasteiger charge is 2.56. The lowest BCUT2D eigenvalue weighted by Gasteiger charge is -2.40. The number of hydrogen-bond donors (Lipinski definition) is 3. The van der Waals surface area contributed by atoms with Crippen molar-refractivity contribution in [2.45, 2.75) is 12.8 Å². The van der Waals surface area contributed by atoms with Crippen molar-refractivity contribution in [3.8, 4) is 11.5 Å². The molecule has 3 N–H and O–H groups in total. The van der Waals surface area contributed by atoms with Crippen LogP contribution < -0.4 is 20.7 Å². The second-order valence-corrected chi connectivity index (χ2v) is 10.7. The summed E-state index contributed by atoms with van der Waals surface area (Å²) >= 11 is 0. The van der Waals surface area contributed by atoms with Crippen LogP contribution in [0.25, 0.3) is 0 Å². The van der Waals surface area contributed by atoms with Gasteiger partial charge in [0.25, 0.3) is 0 Å². The van der Waals surface area contributed by atoms with Crippen molar-refractivity contribution in [2.24, 2.45) is 11.3 Å². The number of rotatable bonds is 9. The highest BCUT2D eigenvalue weighted by Crippen LogP contribution is 2.47. The third-order valence-electron chi connectivity index (χ3n) is 7.05. The first-order valence-electron chi connectivity index (χ1n) is 13.2. The molecule has 1 saturated heterocycles. The van der Waals surface area contributed by atoms with Crippen molar-refractivity contribution in [1.29, 1.82) is 0 Å². The molecule has 0 unspecified atom stereocenters. The largest absolute Gasteiger partial charge is 0.454 e. The van der Waals surface area contributed by atoms with Crippen LogP contribution in [0.5, 0.6) is 11.5 Å². The predicted octanol–water partition coefficient (Wildman–Crippen LogP) is 4.67. The highest BCUT2D eigenvalue weighted by molar-refractivity contribution is 6.17. The van der Waals surface area contributed by atoms with Gasteiger partial charge in [-0.05, 0) is 57.3 Å². The van der Waals surface area contributed by atoms with E-state index in [0.29, 0.717) is 24.7 Å². The quantitative estimate of drug-likeness (QED) is 0.316. The van der Waals surface area contributed by atoms with E-state index in [1.54, 1.807) is 4.90 Å². The molecule has 1 aliphatic carbocycles. The van der Waals surface area contributed by atoms with Gasteiger partial charge in [0.15, 0.2) is 17.4 Å². The van der Waals surface area contributed by atoms with Gasteiger partial charge in [0.1, 0.15) is 22.8 Å². The van der Waals surface area contributed by atoms with Crippen molar-refractivity contribution in [3.05, 3.63) is 72.2 Å². The van der Waals surface area contributed by atoms with Crippen molar-refractivity contribution >= 4 is 35.0 Å². The number of carbonyl (C=O) groups is 3. The van der Waals surface area contributed by atoms with Crippen molar-refractivity contribution < 1.29 is 32.3 Å². The molecule has 13 heteroatoms. The van der Waals surface area contributed by atoms with E-state index in [-0.39, 0.29) is 30.4 Å². The van der Waals surface area contributed by atoms with E-state index in [0.717, 1.165) is 30.8 Å². The third-order valence-corrected chi connectivity index (χ3v) is 7.05. The molecule has 1 aliphatic heterocycles. The molecule has 1 saturated carbocycles. The number of likely N-dealkylation sites (tertiary alicyclic amines) is 1. The van der Waals surface area contributed by atoms with Gasteiger partial charge in [0, 0.05) is 55.6 Å². The topological polar surface area (TPSA) is 116 Å². The standard InChI is InChI=1S/C29H29F3N6O4/c1-37(2)14-17-15-38(16-17)28(41)36-25-11-20(7-10-33-25)42-24-13-21(31)23(12-22(24)32)35-27(40)29(8-9-29)26(39)34-19-5-3-18(30)4-6-19/h3-7,10-13,17H,8-9,14-16H2,1-2H3,(H,34,39)(H,35,40)(H,33,36,41). The molecule has 0 spiro atoms. The van der Waals surface area contributed by atoms with E-state index in [1.165, 1.54) is 30.5 Å². The minimum absolute atomic E-state index is 0.0962. The molecular formula is C29H29F3N6O4. The van der Waals surface area contributed by atoms with Crippen LogP contribution in [0.15, 0.2) is 54.7 Å². The van der Waals surface area contributed by atoms with Gasteiger partial charge in [-0.2, -0.15) is 0 Å². The van der Waals surface area contributed by atoms with Crippen LogP contribution in [-0.2, 0) is 9.59 Å². The number of anilines is 3. The first-order chi connectivity index (χ1) is 20.0. The zero-order valence-corrected chi connectivity index (χ0v) is 22.9. The summed E-state index contributed by atoms with van der Waals surface area (Å²) in [6.07, 6.45) is 1.78. The van der Waals surface area contributed by atoms with Gasteiger partial charge >= 0.3 is 6.03 Å². The Labute approximate surface area is 239 Å². The van der Waals surface area contributed by atoms with E-state index >= 15 is 0 Å². The van der Waals surface area contributed by atoms with Gasteiger partial charge < -0.3 is 25.2 Å². The molecule has 3 aromatic rings. The Bertz CT molecular complexity index is 1510.